The maximum atomic E-state index is 12.4. The number of fused-ring (bicyclic) bond motifs is 1. The fourth-order valence-corrected chi connectivity index (χ4v) is 3.79. The van der Waals surface area contributed by atoms with Crippen LogP contribution in [0.4, 0.5) is 4.79 Å². The van der Waals surface area contributed by atoms with Gasteiger partial charge in [0.25, 0.3) is 0 Å². The molecule has 3 aromatic carbocycles. The molecule has 1 heterocycles. The first kappa shape index (κ1) is 21.7. The van der Waals surface area contributed by atoms with Crippen molar-refractivity contribution in [3.63, 3.8) is 0 Å². The number of carbonyl (C=O) groups excluding carboxylic acids is 1. The first-order valence-electron chi connectivity index (χ1n) is 9.88. The lowest BCUT2D eigenvalue weighted by atomic mass is 9.97. The van der Waals surface area contributed by atoms with Gasteiger partial charge in [0.05, 0.1) is 6.54 Å². The summed E-state index contributed by atoms with van der Waals surface area (Å²) in [5.74, 6) is -0.764. The first-order valence-corrected chi connectivity index (χ1v) is 10.3. The Labute approximate surface area is 189 Å². The second-order valence-corrected chi connectivity index (χ2v) is 7.59. The minimum atomic E-state index is -1.10. The van der Waals surface area contributed by atoms with Gasteiger partial charge in [0.15, 0.2) is 6.61 Å². The number of benzene rings is 3. The van der Waals surface area contributed by atoms with E-state index in [0.29, 0.717) is 22.9 Å². The second kappa shape index (κ2) is 9.72. The predicted molar refractivity (Wildman–Crippen MR) is 116 cm³/mol. The van der Waals surface area contributed by atoms with E-state index >= 15 is 0 Å². The van der Waals surface area contributed by atoms with Gasteiger partial charge in [-0.05, 0) is 34.9 Å². The number of ether oxygens (including phenoxy) is 2. The van der Waals surface area contributed by atoms with Crippen LogP contribution in [0.5, 0.6) is 5.75 Å². The third-order valence-electron chi connectivity index (χ3n) is 4.97. The largest absolute Gasteiger partial charge is 0.528 e. The van der Waals surface area contributed by atoms with Crippen molar-refractivity contribution in [2.75, 3.05) is 6.61 Å². The summed E-state index contributed by atoms with van der Waals surface area (Å²) in [7, 11) is 0. The SMILES string of the molecule is O=C(O)COc1ccc(Cl)cc1C1c2ccccc2CN1OC(=O)OCc1ccccc1. The molecule has 3 aromatic rings. The average molecular weight is 454 g/mol. The summed E-state index contributed by atoms with van der Waals surface area (Å²) in [5.41, 5.74) is 3.27. The van der Waals surface area contributed by atoms with E-state index in [1.807, 2.05) is 54.6 Å². The molecule has 0 bridgehead atoms. The van der Waals surface area contributed by atoms with Crippen molar-refractivity contribution in [1.29, 1.82) is 0 Å². The summed E-state index contributed by atoms with van der Waals surface area (Å²) in [5, 5.41) is 10.9. The van der Waals surface area contributed by atoms with E-state index in [1.165, 1.54) is 5.06 Å². The molecular formula is C24H20ClNO6. The summed E-state index contributed by atoms with van der Waals surface area (Å²) >= 11 is 6.23. The van der Waals surface area contributed by atoms with Crippen molar-refractivity contribution >= 4 is 23.7 Å². The molecule has 0 amide bonds. The van der Waals surface area contributed by atoms with Gasteiger partial charge in [-0.25, -0.2) is 9.59 Å². The minimum Gasteiger partial charge on any atom is -0.482 e. The lowest BCUT2D eigenvalue weighted by Gasteiger charge is -2.25. The van der Waals surface area contributed by atoms with Crippen LogP contribution in [0.25, 0.3) is 0 Å². The zero-order chi connectivity index (χ0) is 22.5. The van der Waals surface area contributed by atoms with E-state index < -0.39 is 24.8 Å². The molecule has 8 heteroatoms. The van der Waals surface area contributed by atoms with Crippen molar-refractivity contribution in [3.8, 4) is 5.75 Å². The monoisotopic (exact) mass is 453 g/mol. The van der Waals surface area contributed by atoms with Crippen molar-refractivity contribution < 1.29 is 29.0 Å². The molecule has 0 radical (unpaired) electrons. The number of carbonyl (C=O) groups is 2. The smallest absolute Gasteiger partial charge is 0.482 e. The Balaban J connectivity index is 1.59. The number of rotatable bonds is 7. The molecule has 4 rings (SSSR count). The lowest BCUT2D eigenvalue weighted by molar-refractivity contribution is -0.147. The Kier molecular flexibility index (Phi) is 6.58. The van der Waals surface area contributed by atoms with Crippen LogP contribution in [0.15, 0.2) is 72.8 Å². The highest BCUT2D eigenvalue weighted by Crippen LogP contribution is 2.43. The van der Waals surface area contributed by atoms with E-state index in [4.69, 9.17) is 31.0 Å². The van der Waals surface area contributed by atoms with E-state index in [-0.39, 0.29) is 6.61 Å². The fourth-order valence-electron chi connectivity index (χ4n) is 3.61. The normalized spacial score (nSPS) is 15.1. The number of hydrogen-bond acceptors (Lipinski definition) is 6. The summed E-state index contributed by atoms with van der Waals surface area (Å²) < 4.78 is 10.8. The van der Waals surface area contributed by atoms with Gasteiger partial charge in [-0.1, -0.05) is 66.2 Å². The highest BCUT2D eigenvalue weighted by atomic mass is 35.5. The number of nitrogens with zero attached hydrogens (tertiary/aromatic N) is 1. The van der Waals surface area contributed by atoms with Crippen molar-refractivity contribution in [2.24, 2.45) is 0 Å². The highest BCUT2D eigenvalue weighted by molar-refractivity contribution is 6.30. The molecule has 0 saturated heterocycles. The van der Waals surface area contributed by atoms with Gasteiger partial charge >= 0.3 is 12.1 Å². The quantitative estimate of drug-likeness (QED) is 0.505. The van der Waals surface area contributed by atoms with E-state index in [2.05, 4.69) is 0 Å². The molecule has 164 valence electrons. The Morgan fingerprint density at radius 1 is 1.00 bits per heavy atom. The van der Waals surface area contributed by atoms with Crippen LogP contribution in [0, 0.1) is 0 Å². The Bertz CT molecular complexity index is 1120. The van der Waals surface area contributed by atoms with Crippen LogP contribution in [0.1, 0.15) is 28.3 Å². The Morgan fingerprint density at radius 2 is 1.75 bits per heavy atom. The second-order valence-electron chi connectivity index (χ2n) is 7.16. The zero-order valence-electron chi connectivity index (χ0n) is 16.9. The standard InChI is InChI=1S/C24H20ClNO6/c25-18-10-11-21(30-15-22(27)28)20(12-18)23-19-9-5-4-8-17(19)13-26(23)32-24(29)31-14-16-6-2-1-3-7-16/h1-12,23H,13-15H2,(H,27,28). The maximum Gasteiger partial charge on any atom is 0.528 e. The molecule has 7 nitrogen and oxygen atoms in total. The molecule has 1 aliphatic rings. The molecule has 0 fully saturated rings. The molecule has 0 spiro atoms. The molecule has 32 heavy (non-hydrogen) atoms. The Morgan fingerprint density at radius 3 is 2.53 bits per heavy atom. The predicted octanol–water partition coefficient (Wildman–Crippen LogP) is 4.98. The number of carboxylic acids is 1. The number of aliphatic carboxylic acids is 1. The number of carboxylic acid groups (broad SMARTS) is 1. The van der Waals surface area contributed by atoms with Gasteiger partial charge in [0, 0.05) is 10.6 Å². The molecular weight excluding hydrogens is 434 g/mol. The lowest BCUT2D eigenvalue weighted by Crippen LogP contribution is -2.28. The van der Waals surface area contributed by atoms with Crippen LogP contribution < -0.4 is 4.74 Å². The van der Waals surface area contributed by atoms with Crippen molar-refractivity contribution in [3.05, 3.63) is 100 Å². The highest BCUT2D eigenvalue weighted by Gasteiger charge is 2.36. The fraction of sp³-hybridized carbons (Fsp3) is 0.167. The number of halogens is 1. The minimum absolute atomic E-state index is 0.0786. The molecule has 0 aromatic heterocycles. The van der Waals surface area contributed by atoms with Crippen LogP contribution in [-0.4, -0.2) is 28.9 Å². The Hall–Kier alpha value is -3.55. The molecule has 1 aliphatic heterocycles. The summed E-state index contributed by atoms with van der Waals surface area (Å²) in [6, 6.07) is 21.3. The van der Waals surface area contributed by atoms with E-state index in [1.54, 1.807) is 18.2 Å². The topological polar surface area (TPSA) is 85.3 Å². The third kappa shape index (κ3) is 5.01. The molecule has 1 atom stereocenters. The van der Waals surface area contributed by atoms with Gasteiger partial charge in [-0.2, -0.15) is 0 Å². The van der Waals surface area contributed by atoms with Crippen molar-refractivity contribution in [2.45, 2.75) is 19.2 Å². The molecule has 0 saturated carbocycles. The molecule has 0 aliphatic carbocycles. The van der Waals surface area contributed by atoms with Gasteiger partial charge < -0.3 is 19.4 Å². The molecule has 1 N–H and O–H groups in total. The molecule has 1 unspecified atom stereocenters. The number of hydroxylamine groups is 2. The average Bonchev–Trinajstić information content (AvgIpc) is 3.15. The van der Waals surface area contributed by atoms with Gasteiger partial charge in [0.2, 0.25) is 0 Å². The van der Waals surface area contributed by atoms with Gasteiger partial charge in [0.1, 0.15) is 18.4 Å². The van der Waals surface area contributed by atoms with E-state index in [0.717, 1.165) is 16.7 Å². The third-order valence-corrected chi connectivity index (χ3v) is 5.21. The van der Waals surface area contributed by atoms with Crippen LogP contribution in [0.3, 0.4) is 0 Å². The zero-order valence-corrected chi connectivity index (χ0v) is 17.7. The summed E-state index contributed by atoms with van der Waals surface area (Å²) in [4.78, 5) is 29.0. The summed E-state index contributed by atoms with van der Waals surface area (Å²) in [6.45, 7) is -0.107. The number of hydrogen-bond donors (Lipinski definition) is 1. The first-order chi connectivity index (χ1) is 15.5. The van der Waals surface area contributed by atoms with E-state index in [9.17, 15) is 9.59 Å². The van der Waals surface area contributed by atoms with Gasteiger partial charge in [-0.3, -0.25) is 0 Å². The van der Waals surface area contributed by atoms with Crippen LogP contribution >= 0.6 is 11.6 Å². The summed E-state index contributed by atoms with van der Waals surface area (Å²) in [6.07, 6.45) is -0.846. The van der Waals surface area contributed by atoms with Crippen molar-refractivity contribution in [1.82, 2.24) is 5.06 Å². The van der Waals surface area contributed by atoms with Crippen LogP contribution in [-0.2, 0) is 27.5 Å². The van der Waals surface area contributed by atoms with Crippen LogP contribution in [0.2, 0.25) is 5.02 Å². The van der Waals surface area contributed by atoms with Gasteiger partial charge in [-0.15, -0.1) is 5.06 Å². The maximum absolute atomic E-state index is 12.4.